The number of rotatable bonds is 2. The van der Waals surface area contributed by atoms with Gasteiger partial charge in [-0.05, 0) is 37.3 Å². The van der Waals surface area contributed by atoms with Gasteiger partial charge in [0.25, 0.3) is 5.91 Å². The number of carbonyl (C=O) groups excluding carboxylic acids is 1. The molecule has 1 atom stereocenters. The highest BCUT2D eigenvalue weighted by atomic mass is 16.5. The SMILES string of the molecule is Cn1ccnc1C1CCN(C(=O)[C@H]2CCc3ccccc3O2)CC1. The van der Waals surface area contributed by atoms with Crippen LogP contribution in [0.15, 0.2) is 36.7 Å². The number of likely N-dealkylation sites (tertiary alicyclic amines) is 1. The summed E-state index contributed by atoms with van der Waals surface area (Å²) in [6, 6.07) is 8.02. The zero-order chi connectivity index (χ0) is 16.5. The van der Waals surface area contributed by atoms with Crippen LogP contribution in [0, 0.1) is 0 Å². The summed E-state index contributed by atoms with van der Waals surface area (Å²) in [5, 5.41) is 0. The van der Waals surface area contributed by atoms with Crippen molar-refractivity contribution in [3.05, 3.63) is 48.0 Å². The molecule has 2 aliphatic rings. The zero-order valence-corrected chi connectivity index (χ0v) is 14.0. The van der Waals surface area contributed by atoms with Crippen molar-refractivity contribution < 1.29 is 9.53 Å². The Bertz CT molecular complexity index is 732. The van der Waals surface area contributed by atoms with Crippen molar-refractivity contribution in [2.24, 2.45) is 7.05 Å². The van der Waals surface area contributed by atoms with E-state index in [9.17, 15) is 4.79 Å². The first-order valence-electron chi connectivity index (χ1n) is 8.73. The van der Waals surface area contributed by atoms with E-state index in [-0.39, 0.29) is 12.0 Å². The fraction of sp³-hybridized carbons (Fsp3) is 0.474. The quantitative estimate of drug-likeness (QED) is 0.852. The van der Waals surface area contributed by atoms with Gasteiger partial charge in [0.05, 0.1) is 0 Å². The Morgan fingerprint density at radius 1 is 1.21 bits per heavy atom. The molecule has 1 aromatic carbocycles. The predicted octanol–water partition coefficient (Wildman–Crippen LogP) is 2.52. The highest BCUT2D eigenvalue weighted by molar-refractivity contribution is 5.81. The fourth-order valence-corrected chi connectivity index (χ4v) is 3.83. The molecule has 2 aromatic rings. The van der Waals surface area contributed by atoms with Gasteiger partial charge in [-0.3, -0.25) is 4.79 Å². The highest BCUT2D eigenvalue weighted by Gasteiger charge is 2.32. The van der Waals surface area contributed by atoms with Crippen LogP contribution in [0.1, 0.15) is 36.6 Å². The lowest BCUT2D eigenvalue weighted by atomic mass is 9.94. The third-order valence-electron chi connectivity index (χ3n) is 5.22. The number of hydrogen-bond donors (Lipinski definition) is 0. The molecule has 2 aliphatic heterocycles. The normalized spacial score (nSPS) is 21.2. The van der Waals surface area contributed by atoms with Crippen molar-refractivity contribution in [3.8, 4) is 5.75 Å². The van der Waals surface area contributed by atoms with Gasteiger partial charge in [-0.2, -0.15) is 0 Å². The summed E-state index contributed by atoms with van der Waals surface area (Å²) in [4.78, 5) is 19.2. The standard InChI is InChI=1S/C19H23N3O2/c1-21-13-10-20-18(21)15-8-11-22(12-9-15)19(23)17-7-6-14-4-2-3-5-16(14)24-17/h2-5,10,13,15,17H,6-9,11-12H2,1H3/t17-/m1/s1. The molecule has 0 unspecified atom stereocenters. The van der Waals surface area contributed by atoms with Gasteiger partial charge in [-0.1, -0.05) is 18.2 Å². The Hall–Kier alpha value is -2.30. The maximum Gasteiger partial charge on any atom is 0.263 e. The van der Waals surface area contributed by atoms with Crippen molar-refractivity contribution >= 4 is 5.91 Å². The summed E-state index contributed by atoms with van der Waals surface area (Å²) in [6.07, 6.45) is 7.13. The zero-order valence-electron chi connectivity index (χ0n) is 14.0. The monoisotopic (exact) mass is 325 g/mol. The molecule has 1 saturated heterocycles. The number of imidazole rings is 1. The second kappa shape index (κ2) is 6.30. The van der Waals surface area contributed by atoms with Gasteiger partial charge in [0.15, 0.2) is 6.10 Å². The van der Waals surface area contributed by atoms with Crippen LogP contribution in [-0.2, 0) is 18.3 Å². The summed E-state index contributed by atoms with van der Waals surface area (Å²) in [5.41, 5.74) is 1.20. The van der Waals surface area contributed by atoms with E-state index in [0.29, 0.717) is 5.92 Å². The number of aromatic nitrogens is 2. The van der Waals surface area contributed by atoms with Crippen molar-refractivity contribution in [1.29, 1.82) is 0 Å². The first kappa shape index (κ1) is 15.2. The Morgan fingerprint density at radius 2 is 2.00 bits per heavy atom. The summed E-state index contributed by atoms with van der Waals surface area (Å²) >= 11 is 0. The molecule has 1 aromatic heterocycles. The van der Waals surface area contributed by atoms with Crippen LogP contribution in [-0.4, -0.2) is 39.6 Å². The van der Waals surface area contributed by atoms with Gasteiger partial charge in [0.2, 0.25) is 0 Å². The number of benzene rings is 1. The van der Waals surface area contributed by atoms with E-state index in [1.54, 1.807) is 0 Å². The third kappa shape index (κ3) is 2.79. The first-order valence-corrected chi connectivity index (χ1v) is 8.73. The summed E-state index contributed by atoms with van der Waals surface area (Å²) in [6.45, 7) is 1.58. The number of ether oxygens (including phenoxy) is 1. The number of carbonyl (C=O) groups is 1. The van der Waals surface area contributed by atoms with Gasteiger partial charge in [-0.25, -0.2) is 4.98 Å². The molecular weight excluding hydrogens is 302 g/mol. The van der Waals surface area contributed by atoms with E-state index in [2.05, 4.69) is 15.6 Å². The lowest BCUT2D eigenvalue weighted by Crippen LogP contribution is -2.46. The van der Waals surface area contributed by atoms with Gasteiger partial charge >= 0.3 is 0 Å². The molecule has 24 heavy (non-hydrogen) atoms. The number of piperidine rings is 1. The number of para-hydroxylation sites is 1. The summed E-state index contributed by atoms with van der Waals surface area (Å²) < 4.78 is 8.04. The van der Waals surface area contributed by atoms with Crippen molar-refractivity contribution in [1.82, 2.24) is 14.5 Å². The number of amides is 1. The van der Waals surface area contributed by atoms with Crippen LogP contribution in [0.3, 0.4) is 0 Å². The molecule has 0 radical (unpaired) electrons. The summed E-state index contributed by atoms with van der Waals surface area (Å²) in [5.74, 6) is 2.58. The van der Waals surface area contributed by atoms with Crippen molar-refractivity contribution in [2.75, 3.05) is 13.1 Å². The molecule has 0 N–H and O–H groups in total. The van der Waals surface area contributed by atoms with Gasteiger partial charge < -0.3 is 14.2 Å². The molecule has 1 amide bonds. The van der Waals surface area contributed by atoms with Gasteiger partial charge in [0, 0.05) is 38.4 Å². The fourth-order valence-electron chi connectivity index (χ4n) is 3.83. The first-order chi connectivity index (χ1) is 11.7. The summed E-state index contributed by atoms with van der Waals surface area (Å²) in [7, 11) is 2.03. The predicted molar refractivity (Wildman–Crippen MR) is 90.9 cm³/mol. The van der Waals surface area contributed by atoms with E-state index in [1.807, 2.05) is 42.5 Å². The number of aryl methyl sites for hydroxylation is 2. The molecule has 0 spiro atoms. The van der Waals surface area contributed by atoms with Crippen LogP contribution < -0.4 is 4.74 Å². The number of hydrogen-bond acceptors (Lipinski definition) is 3. The van der Waals surface area contributed by atoms with E-state index in [4.69, 9.17) is 4.74 Å². The molecule has 4 rings (SSSR count). The highest BCUT2D eigenvalue weighted by Crippen LogP contribution is 2.30. The van der Waals surface area contributed by atoms with Crippen LogP contribution in [0.5, 0.6) is 5.75 Å². The maximum atomic E-state index is 12.8. The molecular formula is C19H23N3O2. The molecule has 126 valence electrons. The van der Waals surface area contributed by atoms with E-state index in [0.717, 1.165) is 50.3 Å². The Balaban J connectivity index is 1.38. The van der Waals surface area contributed by atoms with E-state index < -0.39 is 0 Å². The topological polar surface area (TPSA) is 47.4 Å². The molecule has 1 fully saturated rings. The lowest BCUT2D eigenvalue weighted by molar-refractivity contribution is -0.140. The molecule has 0 aliphatic carbocycles. The second-order valence-corrected chi connectivity index (χ2v) is 6.75. The smallest absolute Gasteiger partial charge is 0.263 e. The second-order valence-electron chi connectivity index (χ2n) is 6.75. The minimum absolute atomic E-state index is 0.141. The average Bonchev–Trinajstić information content (AvgIpc) is 3.07. The maximum absolute atomic E-state index is 12.8. The van der Waals surface area contributed by atoms with Crippen molar-refractivity contribution in [2.45, 2.75) is 37.7 Å². The van der Waals surface area contributed by atoms with Crippen LogP contribution in [0.4, 0.5) is 0 Å². The molecule has 5 nitrogen and oxygen atoms in total. The lowest BCUT2D eigenvalue weighted by Gasteiger charge is -2.35. The van der Waals surface area contributed by atoms with Crippen LogP contribution >= 0.6 is 0 Å². The Morgan fingerprint density at radius 3 is 2.75 bits per heavy atom. The molecule has 5 heteroatoms. The Labute approximate surface area is 142 Å². The van der Waals surface area contributed by atoms with Crippen LogP contribution in [0.25, 0.3) is 0 Å². The third-order valence-corrected chi connectivity index (χ3v) is 5.22. The van der Waals surface area contributed by atoms with Gasteiger partial charge in [-0.15, -0.1) is 0 Å². The van der Waals surface area contributed by atoms with Crippen LogP contribution in [0.2, 0.25) is 0 Å². The van der Waals surface area contributed by atoms with Crippen molar-refractivity contribution in [3.63, 3.8) is 0 Å². The number of nitrogens with zero attached hydrogens (tertiary/aromatic N) is 3. The minimum Gasteiger partial charge on any atom is -0.480 e. The molecule has 3 heterocycles. The largest absolute Gasteiger partial charge is 0.480 e. The average molecular weight is 325 g/mol. The number of fused-ring (bicyclic) bond motifs is 1. The van der Waals surface area contributed by atoms with E-state index >= 15 is 0 Å². The molecule has 0 saturated carbocycles. The molecule has 0 bridgehead atoms. The minimum atomic E-state index is -0.329. The Kier molecular flexibility index (Phi) is 4.00. The van der Waals surface area contributed by atoms with E-state index in [1.165, 1.54) is 5.56 Å². The van der Waals surface area contributed by atoms with Gasteiger partial charge in [0.1, 0.15) is 11.6 Å².